The molecule has 9 heteroatoms. The molecule has 1 amide bonds. The molecule has 3 heterocycles. The highest BCUT2D eigenvalue weighted by Crippen LogP contribution is 2.22. The van der Waals surface area contributed by atoms with Crippen molar-refractivity contribution in [2.45, 2.75) is 12.6 Å². The number of aromatic nitrogens is 4. The van der Waals surface area contributed by atoms with E-state index in [0.29, 0.717) is 26.2 Å². The van der Waals surface area contributed by atoms with Crippen molar-refractivity contribution in [1.82, 2.24) is 29.5 Å². The van der Waals surface area contributed by atoms with Gasteiger partial charge in [-0.05, 0) is 11.6 Å². The summed E-state index contributed by atoms with van der Waals surface area (Å²) in [7, 11) is 1.91. The van der Waals surface area contributed by atoms with Crippen LogP contribution >= 0.6 is 12.4 Å². The van der Waals surface area contributed by atoms with Gasteiger partial charge < -0.3 is 14.8 Å². The summed E-state index contributed by atoms with van der Waals surface area (Å²) in [6.07, 6.45) is 3.59. The SMILES string of the molecule is Cl.Cn1ccnc1C1CNCCN1C(=O)c1ccc(=O)n(Cc2ccccc2)n1. The molecule has 1 unspecified atom stereocenters. The fraction of sp³-hybridized carbons (Fsp3) is 0.300. The van der Waals surface area contributed by atoms with Gasteiger partial charge >= 0.3 is 0 Å². The Bertz CT molecular complexity index is 1030. The van der Waals surface area contributed by atoms with Crippen LogP contribution in [0.2, 0.25) is 0 Å². The molecule has 0 radical (unpaired) electrons. The lowest BCUT2D eigenvalue weighted by molar-refractivity contribution is 0.0612. The Morgan fingerprint density at radius 3 is 2.72 bits per heavy atom. The zero-order chi connectivity index (χ0) is 19.5. The molecule has 0 bridgehead atoms. The molecule has 152 valence electrons. The lowest BCUT2D eigenvalue weighted by atomic mass is 10.1. The first kappa shape index (κ1) is 20.8. The highest BCUT2D eigenvalue weighted by atomic mass is 35.5. The Labute approximate surface area is 174 Å². The molecule has 2 aromatic heterocycles. The summed E-state index contributed by atoms with van der Waals surface area (Å²) in [5, 5.41) is 7.66. The number of hydrogen-bond donors (Lipinski definition) is 1. The van der Waals surface area contributed by atoms with E-state index in [-0.39, 0.29) is 35.6 Å². The summed E-state index contributed by atoms with van der Waals surface area (Å²) in [5.74, 6) is 0.620. The standard InChI is InChI=1S/C20H22N6O2.ClH/c1-24-11-10-22-19(24)17-13-21-9-12-25(17)20(28)16-7-8-18(27)26(23-16)14-15-5-3-2-4-6-15;/h2-8,10-11,17,21H,9,12-14H2,1H3;1H. The van der Waals surface area contributed by atoms with Gasteiger partial charge in [0.25, 0.3) is 11.5 Å². The zero-order valence-corrected chi connectivity index (χ0v) is 16.9. The van der Waals surface area contributed by atoms with E-state index in [1.54, 1.807) is 11.1 Å². The zero-order valence-electron chi connectivity index (χ0n) is 16.1. The van der Waals surface area contributed by atoms with Crippen LogP contribution in [0.1, 0.15) is 27.9 Å². The minimum atomic E-state index is -0.235. The van der Waals surface area contributed by atoms with E-state index in [9.17, 15) is 9.59 Å². The summed E-state index contributed by atoms with van der Waals surface area (Å²) in [6, 6.07) is 12.3. The topological polar surface area (TPSA) is 85.0 Å². The number of halogens is 1. The van der Waals surface area contributed by atoms with Gasteiger partial charge in [0.05, 0.1) is 6.54 Å². The number of nitrogens with one attached hydrogen (secondary N) is 1. The molecule has 8 nitrogen and oxygen atoms in total. The van der Waals surface area contributed by atoms with Gasteiger partial charge in [-0.15, -0.1) is 12.4 Å². The van der Waals surface area contributed by atoms with E-state index in [2.05, 4.69) is 15.4 Å². The number of carbonyl (C=O) groups is 1. The van der Waals surface area contributed by atoms with Crippen molar-refractivity contribution < 1.29 is 4.79 Å². The monoisotopic (exact) mass is 414 g/mol. The van der Waals surface area contributed by atoms with E-state index in [1.165, 1.54) is 16.8 Å². The number of nitrogens with zero attached hydrogens (tertiary/aromatic N) is 5. The van der Waals surface area contributed by atoms with Crippen LogP contribution in [0.25, 0.3) is 0 Å². The third-order valence-electron chi connectivity index (χ3n) is 4.92. The van der Waals surface area contributed by atoms with Gasteiger partial charge in [-0.2, -0.15) is 5.10 Å². The first-order valence-electron chi connectivity index (χ1n) is 9.24. The average Bonchev–Trinajstić information content (AvgIpc) is 3.15. The summed E-state index contributed by atoms with van der Waals surface area (Å²) >= 11 is 0. The van der Waals surface area contributed by atoms with Crippen molar-refractivity contribution in [3.05, 3.63) is 82.3 Å². The molecule has 1 saturated heterocycles. The van der Waals surface area contributed by atoms with E-state index in [1.807, 2.05) is 48.1 Å². The summed E-state index contributed by atoms with van der Waals surface area (Å²) < 4.78 is 3.25. The predicted molar refractivity (Wildman–Crippen MR) is 111 cm³/mol. The summed E-state index contributed by atoms with van der Waals surface area (Å²) in [4.78, 5) is 31.6. The molecule has 0 saturated carbocycles. The Hall–Kier alpha value is -2.97. The largest absolute Gasteiger partial charge is 0.336 e. The number of aryl methyl sites for hydroxylation is 1. The number of imidazole rings is 1. The van der Waals surface area contributed by atoms with Crippen molar-refractivity contribution in [2.24, 2.45) is 7.05 Å². The lowest BCUT2D eigenvalue weighted by Crippen LogP contribution is -2.49. The minimum Gasteiger partial charge on any atom is -0.336 e. The Morgan fingerprint density at radius 2 is 2.00 bits per heavy atom. The Morgan fingerprint density at radius 1 is 1.21 bits per heavy atom. The second-order valence-corrected chi connectivity index (χ2v) is 6.81. The van der Waals surface area contributed by atoms with E-state index in [0.717, 1.165) is 11.4 Å². The molecule has 1 aliphatic rings. The second-order valence-electron chi connectivity index (χ2n) is 6.81. The third kappa shape index (κ3) is 4.38. The van der Waals surface area contributed by atoms with Gasteiger partial charge in [0.1, 0.15) is 17.6 Å². The molecule has 1 N–H and O–H groups in total. The van der Waals surface area contributed by atoms with Crippen molar-refractivity contribution >= 4 is 18.3 Å². The van der Waals surface area contributed by atoms with Gasteiger partial charge in [-0.25, -0.2) is 9.67 Å². The first-order valence-corrected chi connectivity index (χ1v) is 9.24. The van der Waals surface area contributed by atoms with Crippen LogP contribution in [-0.2, 0) is 13.6 Å². The molecule has 1 fully saturated rings. The fourth-order valence-electron chi connectivity index (χ4n) is 3.46. The smallest absolute Gasteiger partial charge is 0.275 e. The normalized spacial score (nSPS) is 16.3. The Balaban J connectivity index is 0.00000240. The molecule has 0 aliphatic carbocycles. The number of amides is 1. The molecule has 0 spiro atoms. The number of rotatable bonds is 4. The fourth-order valence-corrected chi connectivity index (χ4v) is 3.46. The summed E-state index contributed by atoms with van der Waals surface area (Å²) in [6.45, 7) is 2.21. The number of benzene rings is 1. The van der Waals surface area contributed by atoms with Crippen LogP contribution in [0, 0.1) is 0 Å². The van der Waals surface area contributed by atoms with E-state index >= 15 is 0 Å². The van der Waals surface area contributed by atoms with Crippen molar-refractivity contribution in [2.75, 3.05) is 19.6 Å². The van der Waals surface area contributed by atoms with Crippen LogP contribution in [0.15, 0.2) is 59.7 Å². The predicted octanol–water partition coefficient (Wildman–Crippen LogP) is 1.23. The van der Waals surface area contributed by atoms with Gasteiger partial charge in [0.2, 0.25) is 0 Å². The first-order chi connectivity index (χ1) is 13.6. The number of piperazine rings is 1. The van der Waals surface area contributed by atoms with E-state index < -0.39 is 0 Å². The van der Waals surface area contributed by atoms with E-state index in [4.69, 9.17) is 0 Å². The van der Waals surface area contributed by atoms with Crippen molar-refractivity contribution in [3.63, 3.8) is 0 Å². The molecular formula is C20H23ClN6O2. The molecule has 1 atom stereocenters. The van der Waals surface area contributed by atoms with Gasteiger partial charge in [0.15, 0.2) is 0 Å². The third-order valence-corrected chi connectivity index (χ3v) is 4.92. The quantitative estimate of drug-likeness (QED) is 0.694. The van der Waals surface area contributed by atoms with Crippen LogP contribution in [0.5, 0.6) is 0 Å². The molecule has 1 aromatic carbocycles. The maximum atomic E-state index is 13.2. The maximum absolute atomic E-state index is 13.2. The van der Waals surface area contributed by atoms with Crippen LogP contribution in [0.4, 0.5) is 0 Å². The van der Waals surface area contributed by atoms with Crippen molar-refractivity contribution in [1.29, 1.82) is 0 Å². The highest BCUT2D eigenvalue weighted by molar-refractivity contribution is 5.92. The molecule has 1 aliphatic heterocycles. The average molecular weight is 415 g/mol. The summed E-state index contributed by atoms with van der Waals surface area (Å²) in [5.41, 5.74) is 0.979. The van der Waals surface area contributed by atoms with Gasteiger partial charge in [0, 0.05) is 45.1 Å². The van der Waals surface area contributed by atoms with Crippen LogP contribution < -0.4 is 10.9 Å². The van der Waals surface area contributed by atoms with Gasteiger partial charge in [-0.1, -0.05) is 30.3 Å². The highest BCUT2D eigenvalue weighted by Gasteiger charge is 2.31. The van der Waals surface area contributed by atoms with Crippen LogP contribution in [0.3, 0.4) is 0 Å². The number of carbonyl (C=O) groups excluding carboxylic acids is 1. The second kappa shape index (κ2) is 9.02. The lowest BCUT2D eigenvalue weighted by Gasteiger charge is -2.35. The van der Waals surface area contributed by atoms with Crippen molar-refractivity contribution in [3.8, 4) is 0 Å². The minimum absolute atomic E-state index is 0. The molecule has 29 heavy (non-hydrogen) atoms. The Kier molecular flexibility index (Phi) is 6.46. The molecular weight excluding hydrogens is 392 g/mol. The van der Waals surface area contributed by atoms with Gasteiger partial charge in [-0.3, -0.25) is 9.59 Å². The molecule has 3 aromatic rings. The maximum Gasteiger partial charge on any atom is 0.275 e. The molecule has 4 rings (SSSR count). The number of hydrogen-bond acceptors (Lipinski definition) is 5. The van der Waals surface area contributed by atoms with Crippen LogP contribution in [-0.4, -0.2) is 49.8 Å².